The molecule has 4 N–H and O–H groups in total. The number of hydrogen-bond acceptors (Lipinski definition) is 4. The van der Waals surface area contributed by atoms with Crippen LogP contribution in [0.1, 0.15) is 85.0 Å². The Balaban J connectivity index is 1.64. The van der Waals surface area contributed by atoms with Gasteiger partial charge >= 0.3 is 16.3 Å². The average Bonchev–Trinajstić information content (AvgIpc) is 3.03. The summed E-state index contributed by atoms with van der Waals surface area (Å²) in [7, 11) is -4.32. The first kappa shape index (κ1) is 24.4. The van der Waals surface area contributed by atoms with E-state index in [1.807, 2.05) is 0 Å². The van der Waals surface area contributed by atoms with Crippen molar-refractivity contribution in [1.82, 2.24) is 4.72 Å². The highest BCUT2D eigenvalue weighted by atomic mass is 32.2. The maximum Gasteiger partial charge on any atom is 0.333 e. The van der Waals surface area contributed by atoms with Crippen molar-refractivity contribution in [2.24, 2.45) is 46.3 Å². The van der Waals surface area contributed by atoms with Crippen molar-refractivity contribution in [3.63, 3.8) is 0 Å². The minimum Gasteiger partial charge on any atom is -0.481 e. The van der Waals surface area contributed by atoms with Crippen LogP contribution in [0.2, 0.25) is 0 Å². The van der Waals surface area contributed by atoms with Crippen molar-refractivity contribution in [2.45, 2.75) is 97.1 Å². The maximum absolute atomic E-state index is 11.9. The molecule has 1 unspecified atom stereocenters. The molecule has 32 heavy (non-hydrogen) atoms. The van der Waals surface area contributed by atoms with Gasteiger partial charge in [0.25, 0.3) is 0 Å². The smallest absolute Gasteiger partial charge is 0.333 e. The summed E-state index contributed by atoms with van der Waals surface area (Å²) in [6.07, 6.45) is 7.92. The first-order chi connectivity index (χ1) is 14.8. The molecule has 0 amide bonds. The maximum atomic E-state index is 11.9. The molecule has 4 fully saturated rings. The van der Waals surface area contributed by atoms with E-state index >= 15 is 0 Å². The second-order valence-electron chi connectivity index (χ2n) is 12.0. The summed E-state index contributed by atoms with van der Waals surface area (Å²) in [5.41, 5.74) is 0.158. The molecule has 4 rings (SSSR count). The number of carbonyl (C=O) groups is 1. The summed E-state index contributed by atoms with van der Waals surface area (Å²) >= 11 is 0. The van der Waals surface area contributed by atoms with E-state index in [0.717, 1.165) is 38.5 Å². The van der Waals surface area contributed by atoms with Crippen LogP contribution in [0.25, 0.3) is 0 Å². The summed E-state index contributed by atoms with van der Waals surface area (Å²) in [6, 6.07) is -0.309. The second-order valence-corrected chi connectivity index (χ2v) is 13.2. The number of aliphatic carboxylic acids is 1. The van der Waals surface area contributed by atoms with Crippen LogP contribution in [-0.4, -0.2) is 41.3 Å². The third-order valence-corrected chi connectivity index (χ3v) is 11.2. The number of carboxylic acids is 1. The molecule has 0 aromatic rings. The fourth-order valence-corrected chi connectivity index (χ4v) is 9.72. The highest BCUT2D eigenvalue weighted by Gasteiger charge is 2.63. The van der Waals surface area contributed by atoms with E-state index in [9.17, 15) is 22.9 Å². The van der Waals surface area contributed by atoms with Gasteiger partial charge in [-0.25, -0.2) is 0 Å². The zero-order valence-corrected chi connectivity index (χ0v) is 20.5. The molecule has 4 aliphatic carbocycles. The number of fused-ring (bicyclic) bond motifs is 5. The van der Waals surface area contributed by atoms with Crippen molar-refractivity contribution in [3.05, 3.63) is 0 Å². The molecule has 0 saturated heterocycles. The highest BCUT2D eigenvalue weighted by Crippen LogP contribution is 2.68. The molecule has 0 spiro atoms. The standard InChI is InChI=1S/C24H41NO6S/c1-14(4-7-21(27)28)17-5-6-18-22-19(9-11-24(17,18)3)23(2)10-8-16(26)12-15(23)13-20(22)25-32(29,30)31/h14-20,22,25-26H,4-13H2,1-3H3,(H,27,28)(H,29,30,31)/t14-,15+,16-,17-,18+,19+,20-,22+,23+,24?/m1/s1. The second kappa shape index (κ2) is 8.51. The third kappa shape index (κ3) is 4.25. The normalized spacial score (nSPS) is 47.2. The van der Waals surface area contributed by atoms with Crippen LogP contribution in [0.5, 0.6) is 0 Å². The highest BCUT2D eigenvalue weighted by molar-refractivity contribution is 7.83. The fourth-order valence-electron chi connectivity index (χ4n) is 9.09. The van der Waals surface area contributed by atoms with Gasteiger partial charge in [-0.3, -0.25) is 9.35 Å². The minimum absolute atomic E-state index is 0.0651. The van der Waals surface area contributed by atoms with Gasteiger partial charge in [-0.05, 0) is 104 Å². The van der Waals surface area contributed by atoms with Crippen LogP contribution >= 0.6 is 0 Å². The predicted octanol–water partition coefficient (Wildman–Crippen LogP) is 3.88. The molecular weight excluding hydrogens is 430 g/mol. The van der Waals surface area contributed by atoms with Crippen molar-refractivity contribution in [1.29, 1.82) is 0 Å². The Kier molecular flexibility index (Phi) is 6.49. The molecule has 8 heteroatoms. The van der Waals surface area contributed by atoms with Gasteiger partial charge in [0.1, 0.15) is 0 Å². The van der Waals surface area contributed by atoms with E-state index in [-0.39, 0.29) is 41.2 Å². The van der Waals surface area contributed by atoms with Gasteiger partial charge in [-0.2, -0.15) is 13.1 Å². The molecule has 4 saturated carbocycles. The topological polar surface area (TPSA) is 124 Å². The average molecular weight is 472 g/mol. The van der Waals surface area contributed by atoms with Gasteiger partial charge in [0.05, 0.1) is 6.10 Å². The monoisotopic (exact) mass is 471 g/mol. The Morgan fingerprint density at radius 2 is 1.72 bits per heavy atom. The van der Waals surface area contributed by atoms with Crippen LogP contribution in [0.15, 0.2) is 0 Å². The Labute approximate surface area is 192 Å². The minimum atomic E-state index is -4.32. The molecule has 0 aliphatic heterocycles. The Morgan fingerprint density at radius 3 is 2.38 bits per heavy atom. The summed E-state index contributed by atoms with van der Waals surface area (Å²) in [5, 5.41) is 19.5. The summed E-state index contributed by atoms with van der Waals surface area (Å²) in [4.78, 5) is 11.1. The van der Waals surface area contributed by atoms with Crippen LogP contribution in [-0.2, 0) is 15.1 Å². The predicted molar refractivity (Wildman–Crippen MR) is 121 cm³/mol. The molecule has 0 heterocycles. The zero-order valence-electron chi connectivity index (χ0n) is 19.7. The first-order valence-electron chi connectivity index (χ1n) is 12.5. The fraction of sp³-hybridized carbons (Fsp3) is 0.958. The molecule has 0 radical (unpaired) electrons. The van der Waals surface area contributed by atoms with Crippen molar-refractivity contribution >= 4 is 16.3 Å². The lowest BCUT2D eigenvalue weighted by Gasteiger charge is -2.63. The molecular formula is C24H41NO6S. The quantitative estimate of drug-likeness (QED) is 0.436. The lowest BCUT2D eigenvalue weighted by Crippen LogP contribution is -2.62. The van der Waals surface area contributed by atoms with Crippen molar-refractivity contribution < 1.29 is 28.0 Å². The van der Waals surface area contributed by atoms with Crippen LogP contribution in [0.4, 0.5) is 0 Å². The molecule has 10 atom stereocenters. The van der Waals surface area contributed by atoms with Crippen LogP contribution in [0, 0.1) is 46.3 Å². The van der Waals surface area contributed by atoms with Gasteiger partial charge in [0.2, 0.25) is 0 Å². The Morgan fingerprint density at radius 1 is 1.06 bits per heavy atom. The zero-order chi connectivity index (χ0) is 23.5. The van der Waals surface area contributed by atoms with Gasteiger partial charge in [-0.1, -0.05) is 20.8 Å². The van der Waals surface area contributed by atoms with Gasteiger partial charge in [-0.15, -0.1) is 0 Å². The first-order valence-corrected chi connectivity index (χ1v) is 13.9. The number of aliphatic hydroxyl groups excluding tert-OH is 1. The summed E-state index contributed by atoms with van der Waals surface area (Å²) < 4.78 is 36.1. The lowest BCUT2D eigenvalue weighted by molar-refractivity contribution is -0.141. The van der Waals surface area contributed by atoms with E-state index in [2.05, 4.69) is 25.5 Å². The van der Waals surface area contributed by atoms with E-state index in [1.54, 1.807) is 0 Å². The van der Waals surface area contributed by atoms with E-state index < -0.39 is 16.3 Å². The number of aliphatic hydroxyl groups is 1. The number of nitrogens with one attached hydrogen (secondary N) is 1. The van der Waals surface area contributed by atoms with Gasteiger partial charge in [0, 0.05) is 12.5 Å². The SMILES string of the molecule is C[C@H](CCC(=O)O)[C@H]1CC[C@H]2[C@@H]3[C@H](NS(=O)(=O)O)C[C@@H]4C[C@H](O)CC[C@]4(C)[C@H]3CCC12C. The largest absolute Gasteiger partial charge is 0.481 e. The van der Waals surface area contributed by atoms with E-state index in [0.29, 0.717) is 42.9 Å². The van der Waals surface area contributed by atoms with E-state index in [4.69, 9.17) is 5.11 Å². The molecule has 4 aliphatic rings. The van der Waals surface area contributed by atoms with Crippen molar-refractivity contribution in [3.8, 4) is 0 Å². The summed E-state index contributed by atoms with van der Waals surface area (Å²) in [5.74, 6) is 1.18. The third-order valence-electron chi connectivity index (χ3n) is 10.6. The van der Waals surface area contributed by atoms with Crippen LogP contribution < -0.4 is 4.72 Å². The Hall–Kier alpha value is -0.700. The molecule has 0 bridgehead atoms. The molecule has 184 valence electrons. The molecule has 0 aromatic heterocycles. The van der Waals surface area contributed by atoms with Crippen molar-refractivity contribution in [2.75, 3.05) is 0 Å². The number of rotatable bonds is 6. The molecule has 0 aromatic carbocycles. The van der Waals surface area contributed by atoms with Gasteiger partial charge in [0.15, 0.2) is 0 Å². The summed E-state index contributed by atoms with van der Waals surface area (Å²) in [6.45, 7) is 6.89. The Bertz CT molecular complexity index is 832. The van der Waals surface area contributed by atoms with Crippen LogP contribution in [0.3, 0.4) is 0 Å². The lowest BCUT2D eigenvalue weighted by atomic mass is 9.43. The molecule has 7 nitrogen and oxygen atoms in total. The number of hydrogen-bond donors (Lipinski definition) is 4. The van der Waals surface area contributed by atoms with E-state index in [1.165, 1.54) is 0 Å². The van der Waals surface area contributed by atoms with Gasteiger partial charge < -0.3 is 10.2 Å². The number of carboxylic acid groups (broad SMARTS) is 1.